The smallest absolute Gasteiger partial charge is 0.146 e. The first-order valence-corrected chi connectivity index (χ1v) is 5.14. The Morgan fingerprint density at radius 2 is 2.21 bits per heavy atom. The number of para-hydroxylation sites is 1. The van der Waals surface area contributed by atoms with E-state index in [9.17, 15) is 0 Å². The summed E-state index contributed by atoms with van der Waals surface area (Å²) in [7, 11) is 1.63. The van der Waals surface area contributed by atoms with Crippen LogP contribution in [0.25, 0.3) is 11.0 Å². The number of benzene rings is 1. The molecule has 5 heteroatoms. The normalized spacial score (nSPS) is 11.1. The summed E-state index contributed by atoms with van der Waals surface area (Å²) in [6, 6.07) is 5.73. The molecule has 0 unspecified atom stereocenters. The van der Waals surface area contributed by atoms with Crippen molar-refractivity contribution in [3.63, 3.8) is 0 Å². The highest BCUT2D eigenvalue weighted by molar-refractivity contribution is 7.98. The Bertz CT molecular complexity index is 453. The molecule has 0 amide bonds. The van der Waals surface area contributed by atoms with Crippen molar-refractivity contribution in [3.05, 3.63) is 24.0 Å². The molecule has 1 heterocycles. The van der Waals surface area contributed by atoms with Gasteiger partial charge in [-0.05, 0) is 12.1 Å². The summed E-state index contributed by atoms with van der Waals surface area (Å²) in [6.07, 6.45) is 0. The molecule has 0 radical (unpaired) electrons. The van der Waals surface area contributed by atoms with Gasteiger partial charge >= 0.3 is 0 Å². The monoisotopic (exact) mass is 226 g/mol. The zero-order valence-electron chi connectivity index (χ0n) is 7.56. The van der Waals surface area contributed by atoms with E-state index in [1.807, 2.05) is 18.2 Å². The fraction of sp³-hybridized carbons (Fsp3) is 0.222. The number of ether oxygens (including phenoxy) is 1. The van der Waals surface area contributed by atoms with E-state index in [-0.39, 0.29) is 4.58 Å². The molecule has 0 aliphatic carbocycles. The average Bonchev–Trinajstić information content (AvgIpc) is 2.60. The van der Waals surface area contributed by atoms with Crippen LogP contribution in [0.3, 0.4) is 0 Å². The van der Waals surface area contributed by atoms with Gasteiger partial charge in [0.1, 0.15) is 21.7 Å². The minimum Gasteiger partial charge on any atom is -0.494 e. The van der Waals surface area contributed by atoms with Crippen LogP contribution in [0.5, 0.6) is 5.75 Å². The van der Waals surface area contributed by atoms with E-state index in [0.717, 1.165) is 22.6 Å². The van der Waals surface area contributed by atoms with E-state index < -0.39 is 0 Å². The first-order valence-electron chi connectivity index (χ1n) is 4.11. The Kier molecular flexibility index (Phi) is 2.60. The second-order valence-corrected chi connectivity index (χ2v) is 4.29. The van der Waals surface area contributed by atoms with Crippen LogP contribution in [0.2, 0.25) is 0 Å². The van der Waals surface area contributed by atoms with Crippen molar-refractivity contribution in [2.45, 2.75) is 4.58 Å². The quantitative estimate of drug-likeness (QED) is 0.543. The van der Waals surface area contributed by atoms with Crippen LogP contribution in [0.4, 0.5) is 0 Å². The van der Waals surface area contributed by atoms with Gasteiger partial charge in [-0.15, -0.1) is 0 Å². The number of fused-ring (bicyclic) bond motifs is 1. The predicted octanol–water partition coefficient (Wildman–Crippen LogP) is 2.43. The fourth-order valence-electron chi connectivity index (χ4n) is 1.31. The lowest BCUT2D eigenvalue weighted by atomic mass is 10.3. The molecular weight excluding hydrogens is 216 g/mol. The number of rotatable bonds is 2. The highest BCUT2D eigenvalue weighted by Crippen LogP contribution is 2.28. The van der Waals surface area contributed by atoms with Crippen LogP contribution in [0.15, 0.2) is 18.2 Å². The zero-order chi connectivity index (χ0) is 10.1. The molecule has 0 aliphatic heterocycles. The van der Waals surface area contributed by atoms with Crippen molar-refractivity contribution in [1.82, 2.24) is 9.97 Å². The maximum absolute atomic E-state index is 5.19. The van der Waals surface area contributed by atoms with Crippen LogP contribution >= 0.6 is 25.3 Å². The Balaban J connectivity index is 2.64. The van der Waals surface area contributed by atoms with Crippen LogP contribution in [-0.2, 0) is 0 Å². The third kappa shape index (κ3) is 1.57. The topological polar surface area (TPSA) is 37.9 Å². The summed E-state index contributed by atoms with van der Waals surface area (Å²) in [5, 5.41) is 0. The molecule has 0 aliphatic rings. The van der Waals surface area contributed by atoms with Gasteiger partial charge < -0.3 is 9.72 Å². The molecule has 0 bridgehead atoms. The van der Waals surface area contributed by atoms with Gasteiger partial charge in [0.05, 0.1) is 12.6 Å². The molecule has 2 rings (SSSR count). The Morgan fingerprint density at radius 1 is 1.43 bits per heavy atom. The summed E-state index contributed by atoms with van der Waals surface area (Å²) in [5.74, 6) is 1.49. The molecule has 0 fully saturated rings. The van der Waals surface area contributed by atoms with Gasteiger partial charge in [-0.3, -0.25) is 0 Å². The molecule has 0 spiro atoms. The van der Waals surface area contributed by atoms with Crippen LogP contribution < -0.4 is 4.74 Å². The van der Waals surface area contributed by atoms with Gasteiger partial charge in [0.25, 0.3) is 0 Å². The van der Waals surface area contributed by atoms with Crippen LogP contribution in [-0.4, -0.2) is 17.1 Å². The predicted molar refractivity (Wildman–Crippen MR) is 63.4 cm³/mol. The van der Waals surface area contributed by atoms with Crippen LogP contribution in [0, 0.1) is 0 Å². The molecule has 0 saturated heterocycles. The first kappa shape index (κ1) is 9.73. The first-order chi connectivity index (χ1) is 6.72. The van der Waals surface area contributed by atoms with E-state index in [2.05, 4.69) is 35.2 Å². The molecule has 1 aromatic heterocycles. The van der Waals surface area contributed by atoms with Crippen molar-refractivity contribution in [1.29, 1.82) is 0 Å². The maximum atomic E-state index is 5.19. The number of imidazole rings is 1. The zero-order valence-corrected chi connectivity index (χ0v) is 9.35. The standard InChI is InChI=1S/C9H10N2OS2/c1-12-6-4-2-3-5-7(6)11-8(10-5)9(13)14/h2-4,9,13-14H,1H3,(H,10,11). The van der Waals surface area contributed by atoms with Gasteiger partial charge in [0, 0.05) is 0 Å². The lowest BCUT2D eigenvalue weighted by Crippen LogP contribution is -1.84. The van der Waals surface area contributed by atoms with Gasteiger partial charge in [-0.2, -0.15) is 25.3 Å². The van der Waals surface area contributed by atoms with E-state index >= 15 is 0 Å². The number of aromatic nitrogens is 2. The summed E-state index contributed by atoms with van der Waals surface area (Å²) < 4.78 is 4.99. The summed E-state index contributed by atoms with van der Waals surface area (Å²) in [5.41, 5.74) is 1.76. The highest BCUT2D eigenvalue weighted by atomic mass is 32.2. The van der Waals surface area contributed by atoms with Crippen LogP contribution in [0.1, 0.15) is 10.4 Å². The number of thiol groups is 2. The van der Waals surface area contributed by atoms with Gasteiger partial charge in [-0.25, -0.2) is 4.98 Å². The molecule has 3 nitrogen and oxygen atoms in total. The fourth-order valence-corrected chi connectivity index (χ4v) is 1.56. The maximum Gasteiger partial charge on any atom is 0.146 e. The van der Waals surface area contributed by atoms with Crippen molar-refractivity contribution in [2.75, 3.05) is 7.11 Å². The number of hydrogen-bond donors (Lipinski definition) is 3. The van der Waals surface area contributed by atoms with Crippen molar-refractivity contribution in [3.8, 4) is 5.75 Å². The number of H-pyrrole nitrogens is 1. The summed E-state index contributed by atoms with van der Waals surface area (Å²) in [4.78, 5) is 7.48. The molecule has 2 aromatic rings. The third-order valence-corrected chi connectivity index (χ3v) is 2.45. The van der Waals surface area contributed by atoms with Gasteiger partial charge in [-0.1, -0.05) is 6.07 Å². The molecule has 0 saturated carbocycles. The molecular formula is C9H10N2OS2. The van der Waals surface area contributed by atoms with Crippen molar-refractivity contribution in [2.24, 2.45) is 0 Å². The van der Waals surface area contributed by atoms with Gasteiger partial charge in [0.15, 0.2) is 0 Å². The minimum absolute atomic E-state index is 0.202. The Morgan fingerprint density at radius 3 is 2.86 bits per heavy atom. The number of nitrogens with zero attached hydrogens (tertiary/aromatic N) is 1. The second-order valence-electron chi connectivity index (χ2n) is 2.85. The largest absolute Gasteiger partial charge is 0.494 e. The lowest BCUT2D eigenvalue weighted by Gasteiger charge is -1.98. The summed E-state index contributed by atoms with van der Waals surface area (Å²) >= 11 is 8.38. The van der Waals surface area contributed by atoms with Crippen molar-refractivity contribution < 1.29 is 4.74 Å². The number of nitrogens with one attached hydrogen (secondary N) is 1. The Hall–Kier alpha value is -0.810. The van der Waals surface area contributed by atoms with E-state index in [1.54, 1.807) is 7.11 Å². The molecule has 1 aromatic carbocycles. The lowest BCUT2D eigenvalue weighted by molar-refractivity contribution is 0.419. The van der Waals surface area contributed by atoms with E-state index in [1.165, 1.54) is 0 Å². The third-order valence-electron chi connectivity index (χ3n) is 1.96. The van der Waals surface area contributed by atoms with E-state index in [4.69, 9.17) is 4.74 Å². The SMILES string of the molecule is COc1cccc2[nH]c(C(S)S)nc12. The molecule has 0 atom stereocenters. The molecule has 14 heavy (non-hydrogen) atoms. The molecule has 74 valence electrons. The number of aromatic amines is 1. The molecule has 1 N–H and O–H groups in total. The van der Waals surface area contributed by atoms with Crippen molar-refractivity contribution >= 4 is 36.3 Å². The minimum atomic E-state index is -0.202. The highest BCUT2D eigenvalue weighted by Gasteiger charge is 2.10. The average molecular weight is 226 g/mol. The van der Waals surface area contributed by atoms with E-state index in [0.29, 0.717) is 0 Å². The number of hydrogen-bond acceptors (Lipinski definition) is 4. The number of methoxy groups -OCH3 is 1. The summed E-state index contributed by atoms with van der Waals surface area (Å²) in [6.45, 7) is 0. The van der Waals surface area contributed by atoms with Gasteiger partial charge in [0.2, 0.25) is 0 Å². The Labute approximate surface area is 92.7 Å². The second kappa shape index (κ2) is 3.74.